The van der Waals surface area contributed by atoms with Crippen molar-refractivity contribution in [2.24, 2.45) is 11.8 Å². The molecular weight excluding hydrogens is 478 g/mol. The summed E-state index contributed by atoms with van der Waals surface area (Å²) in [5, 5.41) is 2.84. The SMILES string of the molecule is CCCc1cc(C(=O)N2[C@@H](C(=O)N[C@@H](c3ccc(C(F)(F)F)cc3F)C3COC3)C[C@H]3C[C@H]32)ccn1. The van der Waals surface area contributed by atoms with Crippen molar-refractivity contribution >= 4 is 11.8 Å². The number of hydrogen-bond acceptors (Lipinski definition) is 4. The van der Waals surface area contributed by atoms with E-state index in [4.69, 9.17) is 4.74 Å². The summed E-state index contributed by atoms with van der Waals surface area (Å²) in [5.74, 6) is -1.77. The Morgan fingerprint density at radius 2 is 1.97 bits per heavy atom. The van der Waals surface area contributed by atoms with E-state index in [9.17, 15) is 27.2 Å². The summed E-state index contributed by atoms with van der Waals surface area (Å²) in [6, 6.07) is 4.11. The third-order valence-electron chi connectivity index (χ3n) is 7.31. The number of pyridine rings is 1. The minimum Gasteiger partial charge on any atom is -0.381 e. The predicted octanol–water partition coefficient (Wildman–Crippen LogP) is 4.30. The van der Waals surface area contributed by atoms with Crippen LogP contribution in [0.1, 0.15) is 59.4 Å². The summed E-state index contributed by atoms with van der Waals surface area (Å²) in [7, 11) is 0. The molecule has 3 heterocycles. The first-order chi connectivity index (χ1) is 17.2. The first-order valence-corrected chi connectivity index (χ1v) is 12.2. The molecule has 2 saturated heterocycles. The highest BCUT2D eigenvalue weighted by Crippen LogP contribution is 2.48. The predicted molar refractivity (Wildman–Crippen MR) is 121 cm³/mol. The molecule has 1 saturated carbocycles. The largest absolute Gasteiger partial charge is 0.416 e. The Labute approximate surface area is 206 Å². The Hall–Kier alpha value is -3.01. The number of amides is 2. The van der Waals surface area contributed by atoms with Gasteiger partial charge in [0.15, 0.2) is 0 Å². The van der Waals surface area contributed by atoms with Crippen LogP contribution in [0.15, 0.2) is 36.5 Å². The van der Waals surface area contributed by atoms with E-state index >= 15 is 0 Å². The number of likely N-dealkylation sites (tertiary alicyclic amines) is 1. The second-order valence-electron chi connectivity index (χ2n) is 9.83. The maximum absolute atomic E-state index is 14.8. The maximum atomic E-state index is 14.8. The van der Waals surface area contributed by atoms with Crippen LogP contribution < -0.4 is 5.32 Å². The average molecular weight is 506 g/mol. The molecule has 1 aromatic heterocycles. The molecule has 0 bridgehead atoms. The highest BCUT2D eigenvalue weighted by Gasteiger charge is 2.56. The van der Waals surface area contributed by atoms with Crippen molar-refractivity contribution < 1.29 is 31.9 Å². The highest BCUT2D eigenvalue weighted by atomic mass is 19.4. The topological polar surface area (TPSA) is 71.5 Å². The molecule has 36 heavy (non-hydrogen) atoms. The fraction of sp³-hybridized carbons (Fsp3) is 0.500. The van der Waals surface area contributed by atoms with Crippen LogP contribution in [0.5, 0.6) is 0 Å². The van der Waals surface area contributed by atoms with E-state index in [1.54, 1.807) is 23.2 Å². The molecule has 10 heteroatoms. The number of rotatable bonds is 7. The zero-order valence-electron chi connectivity index (χ0n) is 19.7. The van der Waals surface area contributed by atoms with Crippen molar-refractivity contribution in [3.8, 4) is 0 Å². The molecule has 2 aromatic rings. The third-order valence-corrected chi connectivity index (χ3v) is 7.31. The van der Waals surface area contributed by atoms with Crippen LogP contribution in [0, 0.1) is 17.7 Å². The van der Waals surface area contributed by atoms with Crippen molar-refractivity contribution in [1.82, 2.24) is 15.2 Å². The van der Waals surface area contributed by atoms with Gasteiger partial charge < -0.3 is 15.0 Å². The molecule has 0 spiro atoms. The molecule has 2 aliphatic heterocycles. The zero-order chi connectivity index (χ0) is 25.6. The molecule has 3 fully saturated rings. The summed E-state index contributed by atoms with van der Waals surface area (Å²) in [6.45, 7) is 2.53. The van der Waals surface area contributed by atoms with Crippen LogP contribution in [0.2, 0.25) is 0 Å². The van der Waals surface area contributed by atoms with E-state index in [0.717, 1.165) is 37.1 Å². The summed E-state index contributed by atoms with van der Waals surface area (Å²) < 4.78 is 59.1. The molecule has 1 N–H and O–H groups in total. The number of fused-ring (bicyclic) bond motifs is 1. The van der Waals surface area contributed by atoms with Crippen molar-refractivity contribution in [2.75, 3.05) is 13.2 Å². The standard InChI is InChI=1S/C26H27F4N3O3/c1-2-3-18-8-14(6-7-31-18)25(35)33-21-9-15(21)10-22(33)24(34)32-23(16-12-36-13-16)19-5-4-17(11-20(19)27)26(28,29)30/h4-8,11,15-16,21-23H,2-3,9-10,12-13H2,1H3,(H,32,34)/t15-,21-,22-,23-/m1/s1. The van der Waals surface area contributed by atoms with Crippen molar-refractivity contribution in [3.05, 3.63) is 64.7 Å². The summed E-state index contributed by atoms with van der Waals surface area (Å²) in [6.07, 6.45) is -0.132. The van der Waals surface area contributed by atoms with Gasteiger partial charge in [0, 0.05) is 35.0 Å². The molecule has 0 radical (unpaired) electrons. The number of ether oxygens (including phenoxy) is 1. The Morgan fingerprint density at radius 1 is 1.19 bits per heavy atom. The van der Waals surface area contributed by atoms with Crippen LogP contribution in [0.4, 0.5) is 17.6 Å². The summed E-state index contributed by atoms with van der Waals surface area (Å²) in [5.41, 5.74) is 0.158. The van der Waals surface area contributed by atoms with E-state index < -0.39 is 35.5 Å². The third kappa shape index (κ3) is 4.70. The van der Waals surface area contributed by atoms with E-state index in [2.05, 4.69) is 10.3 Å². The number of nitrogens with zero attached hydrogens (tertiary/aromatic N) is 2. The fourth-order valence-electron chi connectivity index (χ4n) is 5.24. The van der Waals surface area contributed by atoms with Gasteiger partial charge in [-0.25, -0.2) is 4.39 Å². The fourth-order valence-corrected chi connectivity index (χ4v) is 5.24. The van der Waals surface area contributed by atoms with Crippen LogP contribution in [-0.4, -0.2) is 47.0 Å². The van der Waals surface area contributed by atoms with Crippen molar-refractivity contribution in [2.45, 2.75) is 56.9 Å². The highest BCUT2D eigenvalue weighted by molar-refractivity contribution is 5.98. The first kappa shape index (κ1) is 24.7. The number of aryl methyl sites for hydroxylation is 1. The van der Waals surface area contributed by atoms with Gasteiger partial charge in [0.05, 0.1) is 24.8 Å². The molecular formula is C26H27F4N3O3. The Morgan fingerprint density at radius 3 is 2.61 bits per heavy atom. The zero-order valence-corrected chi connectivity index (χ0v) is 19.7. The maximum Gasteiger partial charge on any atom is 0.416 e. The Bertz CT molecular complexity index is 1170. The second-order valence-corrected chi connectivity index (χ2v) is 9.83. The van der Waals surface area contributed by atoms with Gasteiger partial charge in [0.25, 0.3) is 5.91 Å². The number of carbonyl (C=O) groups is 2. The Kier molecular flexibility index (Phi) is 6.48. The number of carbonyl (C=O) groups excluding carboxylic acids is 2. The van der Waals surface area contributed by atoms with Crippen LogP contribution in [0.3, 0.4) is 0 Å². The minimum atomic E-state index is -4.67. The van der Waals surface area contributed by atoms with E-state index in [1.807, 2.05) is 6.92 Å². The number of halogens is 4. The number of hydrogen-bond donors (Lipinski definition) is 1. The van der Waals surface area contributed by atoms with E-state index in [-0.39, 0.29) is 42.6 Å². The van der Waals surface area contributed by atoms with Gasteiger partial charge in [-0.05, 0) is 49.4 Å². The molecule has 5 rings (SSSR count). The summed E-state index contributed by atoms with van der Waals surface area (Å²) >= 11 is 0. The number of benzene rings is 1. The smallest absolute Gasteiger partial charge is 0.381 e. The van der Waals surface area contributed by atoms with Crippen LogP contribution in [0.25, 0.3) is 0 Å². The number of piperidine rings is 1. The normalized spacial score (nSPS) is 24.1. The molecule has 1 aliphatic carbocycles. The van der Waals surface area contributed by atoms with Crippen LogP contribution in [-0.2, 0) is 22.1 Å². The second kappa shape index (κ2) is 9.46. The van der Waals surface area contributed by atoms with Gasteiger partial charge in [0.2, 0.25) is 5.91 Å². The minimum absolute atomic E-state index is 0.0238. The molecule has 192 valence electrons. The quantitative estimate of drug-likeness (QED) is 0.570. The van der Waals surface area contributed by atoms with Crippen molar-refractivity contribution in [1.29, 1.82) is 0 Å². The van der Waals surface area contributed by atoms with Gasteiger partial charge in [-0.1, -0.05) is 19.4 Å². The number of alkyl halides is 3. The lowest BCUT2D eigenvalue weighted by Crippen LogP contribution is -2.51. The average Bonchev–Trinajstić information content (AvgIpc) is 3.46. The van der Waals surface area contributed by atoms with Gasteiger partial charge in [-0.2, -0.15) is 13.2 Å². The van der Waals surface area contributed by atoms with Crippen LogP contribution >= 0.6 is 0 Å². The first-order valence-electron chi connectivity index (χ1n) is 12.2. The number of nitrogens with one attached hydrogen (secondary N) is 1. The molecule has 4 atom stereocenters. The van der Waals surface area contributed by atoms with Gasteiger partial charge in [-0.3, -0.25) is 14.6 Å². The molecule has 2 amide bonds. The van der Waals surface area contributed by atoms with E-state index in [1.165, 1.54) is 0 Å². The lowest BCUT2D eigenvalue weighted by molar-refractivity contribution is -0.138. The molecule has 0 unspecified atom stereocenters. The lowest BCUT2D eigenvalue weighted by Gasteiger charge is -2.36. The molecule has 6 nitrogen and oxygen atoms in total. The van der Waals surface area contributed by atoms with Gasteiger partial charge in [-0.15, -0.1) is 0 Å². The number of aromatic nitrogens is 1. The monoisotopic (exact) mass is 505 g/mol. The van der Waals surface area contributed by atoms with Gasteiger partial charge >= 0.3 is 6.18 Å². The molecule has 3 aliphatic rings. The van der Waals surface area contributed by atoms with Crippen molar-refractivity contribution in [3.63, 3.8) is 0 Å². The summed E-state index contributed by atoms with van der Waals surface area (Å²) in [4.78, 5) is 32.8. The van der Waals surface area contributed by atoms with E-state index in [0.29, 0.717) is 18.1 Å². The van der Waals surface area contributed by atoms with Gasteiger partial charge in [0.1, 0.15) is 11.9 Å². The Balaban J connectivity index is 1.37. The lowest BCUT2D eigenvalue weighted by atomic mass is 9.90. The molecule has 1 aromatic carbocycles.